The molecule has 1 rings (SSSR count). The van der Waals surface area contributed by atoms with Gasteiger partial charge in [0.1, 0.15) is 6.20 Å². The van der Waals surface area contributed by atoms with Gasteiger partial charge in [-0.3, -0.25) is 0 Å². The molecule has 58 valence electrons. The van der Waals surface area contributed by atoms with Gasteiger partial charge in [-0.25, -0.2) is 4.98 Å². The molecular weight excluding hydrogens is 146 g/mol. The highest BCUT2D eigenvalue weighted by molar-refractivity contribution is 5.33. The summed E-state index contributed by atoms with van der Waals surface area (Å²) in [6.45, 7) is 5.10. The second kappa shape index (κ2) is 2.53. The van der Waals surface area contributed by atoms with E-state index in [9.17, 15) is 10.1 Å². The maximum atomic E-state index is 10.3. The number of nitrogens with zero attached hydrogens (tertiary/aromatic N) is 3. The quantitative estimate of drug-likeness (QED) is 0.473. The van der Waals surface area contributed by atoms with Crippen LogP contribution < -0.4 is 0 Å². The molecule has 0 unspecified atom stereocenters. The Bertz CT molecular complexity index is 303. The van der Waals surface area contributed by atoms with Crippen LogP contribution in [0, 0.1) is 17.0 Å². The minimum absolute atomic E-state index is 0.0579. The summed E-state index contributed by atoms with van der Waals surface area (Å²) >= 11 is 0. The minimum Gasteiger partial charge on any atom is -0.358 e. The van der Waals surface area contributed by atoms with Gasteiger partial charge in [-0.2, -0.15) is 4.57 Å². The summed E-state index contributed by atoms with van der Waals surface area (Å²) in [4.78, 5) is 13.6. The summed E-state index contributed by atoms with van der Waals surface area (Å²) in [5.74, 6) is 0.504. The van der Waals surface area contributed by atoms with Crippen molar-refractivity contribution >= 4 is 12.0 Å². The van der Waals surface area contributed by atoms with Gasteiger partial charge in [0.05, 0.1) is 6.20 Å². The first kappa shape index (κ1) is 7.46. The fourth-order valence-corrected chi connectivity index (χ4v) is 0.802. The Morgan fingerprint density at radius 2 is 2.55 bits per heavy atom. The first-order valence-electron chi connectivity index (χ1n) is 2.97. The highest BCUT2D eigenvalue weighted by atomic mass is 16.6. The molecule has 0 N–H and O–H groups in total. The van der Waals surface area contributed by atoms with Gasteiger partial charge in [-0.05, 0) is 4.92 Å². The van der Waals surface area contributed by atoms with E-state index in [1.165, 1.54) is 17.0 Å². The van der Waals surface area contributed by atoms with Crippen molar-refractivity contribution in [1.29, 1.82) is 0 Å². The van der Waals surface area contributed by atoms with Crippen LogP contribution in [-0.4, -0.2) is 14.5 Å². The molecule has 1 heterocycles. The van der Waals surface area contributed by atoms with Crippen LogP contribution in [0.3, 0.4) is 0 Å². The predicted octanol–water partition coefficient (Wildman–Crippen LogP) is 1.20. The molecule has 11 heavy (non-hydrogen) atoms. The average Bonchev–Trinajstić information content (AvgIpc) is 2.30. The Labute approximate surface area is 63.1 Å². The summed E-state index contributed by atoms with van der Waals surface area (Å²) in [5.41, 5.74) is 0. The van der Waals surface area contributed by atoms with Crippen molar-refractivity contribution in [3.63, 3.8) is 0 Å². The topological polar surface area (TPSA) is 61.0 Å². The molecule has 5 nitrogen and oxygen atoms in total. The number of hydrogen-bond acceptors (Lipinski definition) is 3. The third-order valence-corrected chi connectivity index (χ3v) is 1.33. The second-order valence-corrected chi connectivity index (χ2v) is 1.97. The van der Waals surface area contributed by atoms with Gasteiger partial charge in [0, 0.05) is 6.92 Å². The molecule has 0 aromatic carbocycles. The van der Waals surface area contributed by atoms with Crippen molar-refractivity contribution in [1.82, 2.24) is 9.55 Å². The molecule has 0 saturated carbocycles. The number of rotatable bonds is 2. The number of imidazole rings is 1. The molecule has 1 aromatic rings. The minimum atomic E-state index is -0.498. The lowest BCUT2D eigenvalue weighted by Gasteiger charge is -1.93. The van der Waals surface area contributed by atoms with Crippen LogP contribution in [-0.2, 0) is 0 Å². The standard InChI is InChI=1S/C6H7N3O2/c1-3-8-5(2)7-4-6(8)9(10)11/h3-4H,1H2,2H3. The van der Waals surface area contributed by atoms with Crippen molar-refractivity contribution in [2.75, 3.05) is 0 Å². The molecule has 0 atom stereocenters. The molecule has 0 radical (unpaired) electrons. The molecule has 1 aromatic heterocycles. The zero-order valence-corrected chi connectivity index (χ0v) is 6.02. The lowest BCUT2D eigenvalue weighted by Crippen LogP contribution is -1.96. The van der Waals surface area contributed by atoms with Crippen LogP contribution >= 0.6 is 0 Å². The van der Waals surface area contributed by atoms with E-state index in [1.54, 1.807) is 6.92 Å². The fraction of sp³-hybridized carbons (Fsp3) is 0.167. The van der Waals surface area contributed by atoms with Gasteiger partial charge < -0.3 is 10.1 Å². The largest absolute Gasteiger partial charge is 0.358 e. The number of aromatic nitrogens is 2. The maximum Gasteiger partial charge on any atom is 0.347 e. The van der Waals surface area contributed by atoms with E-state index in [-0.39, 0.29) is 5.82 Å². The third-order valence-electron chi connectivity index (χ3n) is 1.33. The van der Waals surface area contributed by atoms with Gasteiger partial charge in [-0.1, -0.05) is 6.58 Å². The molecule has 0 aliphatic carbocycles. The van der Waals surface area contributed by atoms with E-state index in [4.69, 9.17) is 0 Å². The van der Waals surface area contributed by atoms with Gasteiger partial charge >= 0.3 is 5.82 Å². The van der Waals surface area contributed by atoms with Crippen LogP contribution in [0.15, 0.2) is 12.8 Å². The Balaban J connectivity index is 3.26. The summed E-state index contributed by atoms with van der Waals surface area (Å²) in [6.07, 6.45) is 2.57. The van der Waals surface area contributed by atoms with Crippen LogP contribution in [0.4, 0.5) is 5.82 Å². The van der Waals surface area contributed by atoms with Crippen LogP contribution in [0.25, 0.3) is 6.20 Å². The number of hydrogen-bond donors (Lipinski definition) is 0. The fourth-order valence-electron chi connectivity index (χ4n) is 0.802. The van der Waals surface area contributed by atoms with Crippen molar-refractivity contribution in [2.45, 2.75) is 6.92 Å². The smallest absolute Gasteiger partial charge is 0.347 e. The Hall–Kier alpha value is -1.65. The Morgan fingerprint density at radius 3 is 2.91 bits per heavy atom. The molecule has 0 saturated heterocycles. The van der Waals surface area contributed by atoms with E-state index in [2.05, 4.69) is 11.6 Å². The zero-order valence-electron chi connectivity index (χ0n) is 6.02. The molecule has 0 fully saturated rings. The normalized spacial score (nSPS) is 9.55. The van der Waals surface area contributed by atoms with Crippen molar-refractivity contribution < 1.29 is 4.92 Å². The second-order valence-electron chi connectivity index (χ2n) is 1.97. The first-order valence-corrected chi connectivity index (χ1v) is 2.97. The molecule has 0 aliphatic rings. The monoisotopic (exact) mass is 153 g/mol. The highest BCUT2D eigenvalue weighted by Gasteiger charge is 2.13. The van der Waals surface area contributed by atoms with Gasteiger partial charge in [-0.15, -0.1) is 0 Å². The molecule has 5 heteroatoms. The van der Waals surface area contributed by atoms with Crippen LogP contribution in [0.1, 0.15) is 5.82 Å². The Kier molecular flexibility index (Phi) is 1.72. The summed E-state index contributed by atoms with van der Waals surface area (Å²) < 4.78 is 1.32. The molecular formula is C6H7N3O2. The highest BCUT2D eigenvalue weighted by Crippen LogP contribution is 2.12. The summed E-state index contributed by atoms with van der Waals surface area (Å²) in [6, 6.07) is 0. The van der Waals surface area contributed by atoms with E-state index in [0.29, 0.717) is 5.82 Å². The Morgan fingerprint density at radius 1 is 1.91 bits per heavy atom. The number of nitro groups is 1. The molecule has 0 amide bonds. The van der Waals surface area contributed by atoms with E-state index in [1.807, 2.05) is 0 Å². The lowest BCUT2D eigenvalue weighted by molar-refractivity contribution is -0.390. The van der Waals surface area contributed by atoms with E-state index in [0.717, 1.165) is 0 Å². The maximum absolute atomic E-state index is 10.3. The van der Waals surface area contributed by atoms with Gasteiger partial charge in [0.25, 0.3) is 0 Å². The SMILES string of the molecule is C=Cn1c([N+](=O)[O-])cnc1C. The van der Waals surface area contributed by atoms with Gasteiger partial charge in [0.15, 0.2) is 5.82 Å². The summed E-state index contributed by atoms with van der Waals surface area (Å²) in [7, 11) is 0. The van der Waals surface area contributed by atoms with Crippen molar-refractivity contribution in [2.24, 2.45) is 0 Å². The molecule has 0 bridgehead atoms. The average molecular weight is 153 g/mol. The lowest BCUT2D eigenvalue weighted by atomic mass is 10.6. The van der Waals surface area contributed by atoms with E-state index >= 15 is 0 Å². The zero-order chi connectivity index (χ0) is 8.43. The van der Waals surface area contributed by atoms with Crippen LogP contribution in [0.2, 0.25) is 0 Å². The van der Waals surface area contributed by atoms with E-state index < -0.39 is 4.92 Å². The first-order chi connectivity index (χ1) is 5.16. The van der Waals surface area contributed by atoms with Crippen molar-refractivity contribution in [3.05, 3.63) is 28.7 Å². The number of aryl methyl sites for hydroxylation is 1. The van der Waals surface area contributed by atoms with Crippen molar-refractivity contribution in [3.8, 4) is 0 Å². The predicted molar refractivity (Wildman–Crippen MR) is 40.0 cm³/mol. The molecule has 0 spiro atoms. The third kappa shape index (κ3) is 1.12. The molecule has 0 aliphatic heterocycles. The van der Waals surface area contributed by atoms with Gasteiger partial charge in [0.2, 0.25) is 0 Å². The van der Waals surface area contributed by atoms with Crippen LogP contribution in [0.5, 0.6) is 0 Å². The summed E-state index contributed by atoms with van der Waals surface area (Å²) in [5, 5.41) is 10.3.